The highest BCUT2D eigenvalue weighted by Gasteiger charge is 2.24. The van der Waals surface area contributed by atoms with Crippen LogP contribution in [0.25, 0.3) is 0 Å². The van der Waals surface area contributed by atoms with Crippen molar-refractivity contribution in [1.29, 1.82) is 0 Å². The van der Waals surface area contributed by atoms with Crippen LogP contribution in [-0.2, 0) is 11.2 Å². The average molecular weight is 241 g/mol. The van der Waals surface area contributed by atoms with Crippen molar-refractivity contribution in [3.05, 3.63) is 21.6 Å². The molecule has 1 aliphatic rings. The van der Waals surface area contributed by atoms with Crippen LogP contribution in [0.5, 0.6) is 0 Å². The van der Waals surface area contributed by atoms with Crippen molar-refractivity contribution in [2.24, 2.45) is 0 Å². The monoisotopic (exact) mass is 241 g/mol. The molecule has 0 N–H and O–H groups in total. The number of hydrogen-bond donors (Lipinski definition) is 0. The lowest BCUT2D eigenvalue weighted by atomic mass is 10.2. The third-order valence-electron chi connectivity index (χ3n) is 2.84. The minimum absolute atomic E-state index is 0.0123. The second kappa shape index (κ2) is 5.24. The van der Waals surface area contributed by atoms with Gasteiger partial charge in [-0.15, -0.1) is 0 Å². The molecule has 0 radical (unpaired) electrons. The first-order valence-electron chi connectivity index (χ1n) is 5.58. The Morgan fingerprint density at radius 2 is 2.18 bits per heavy atom. The number of nitro groups is 1. The fourth-order valence-corrected chi connectivity index (χ4v) is 1.89. The second-order valence-corrected chi connectivity index (χ2v) is 4.00. The summed E-state index contributed by atoms with van der Waals surface area (Å²) >= 11 is 0. The molecule has 0 unspecified atom stereocenters. The van der Waals surface area contributed by atoms with Crippen LogP contribution >= 0.6 is 0 Å². The minimum Gasteiger partial charge on any atom is -0.379 e. The lowest BCUT2D eigenvalue weighted by Gasteiger charge is -2.25. The van der Waals surface area contributed by atoms with Gasteiger partial charge in [-0.2, -0.15) is 0 Å². The van der Waals surface area contributed by atoms with E-state index in [-0.39, 0.29) is 5.69 Å². The van der Waals surface area contributed by atoms with Crippen molar-refractivity contribution in [3.63, 3.8) is 0 Å². The first-order chi connectivity index (χ1) is 8.18. The maximum Gasteiger partial charge on any atom is 0.334 e. The number of aryl methyl sites for hydroxylation is 1. The molecule has 0 bridgehead atoms. The molecule has 1 aromatic rings. The van der Waals surface area contributed by atoms with E-state index in [1.807, 2.05) is 0 Å². The summed E-state index contributed by atoms with van der Waals surface area (Å²) in [5.41, 5.74) is 0.352. The van der Waals surface area contributed by atoms with E-state index in [1.54, 1.807) is 6.92 Å². The van der Waals surface area contributed by atoms with Gasteiger partial charge in [0.05, 0.1) is 18.1 Å². The Bertz CT molecular complexity index is 398. The van der Waals surface area contributed by atoms with Crippen LogP contribution in [0.4, 0.5) is 5.69 Å². The quantitative estimate of drug-likeness (QED) is 0.572. The summed E-state index contributed by atoms with van der Waals surface area (Å²) in [6.07, 6.45) is 0.511. The molecule has 1 aromatic heterocycles. The molecule has 0 amide bonds. The first-order valence-corrected chi connectivity index (χ1v) is 5.58. The van der Waals surface area contributed by atoms with Crippen LogP contribution in [0, 0.1) is 17.0 Å². The van der Waals surface area contributed by atoms with Gasteiger partial charge >= 0.3 is 5.69 Å². The van der Waals surface area contributed by atoms with Gasteiger partial charge in [0.2, 0.25) is 5.76 Å². The zero-order valence-electron chi connectivity index (χ0n) is 9.72. The average Bonchev–Trinajstić information content (AvgIpc) is 2.69. The van der Waals surface area contributed by atoms with Gasteiger partial charge in [0.15, 0.2) is 5.69 Å². The summed E-state index contributed by atoms with van der Waals surface area (Å²) in [7, 11) is 0. The number of aromatic nitrogens is 1. The summed E-state index contributed by atoms with van der Waals surface area (Å²) in [5, 5.41) is 14.5. The van der Waals surface area contributed by atoms with E-state index in [0.29, 0.717) is 17.9 Å². The standard InChI is InChI=1S/C10H15N3O4/c1-8-10(13(14)15)9(17-11-8)2-3-12-4-6-16-7-5-12/h2-7H2,1H3. The predicted octanol–water partition coefficient (Wildman–Crippen LogP) is 0.766. The molecule has 1 saturated heterocycles. The van der Waals surface area contributed by atoms with Crippen LogP contribution in [-0.4, -0.2) is 47.8 Å². The molecule has 0 saturated carbocycles. The van der Waals surface area contributed by atoms with E-state index in [1.165, 1.54) is 0 Å². The van der Waals surface area contributed by atoms with E-state index >= 15 is 0 Å². The zero-order valence-corrected chi connectivity index (χ0v) is 9.72. The molecule has 0 spiro atoms. The number of hydrogen-bond acceptors (Lipinski definition) is 6. The third kappa shape index (κ3) is 2.80. The van der Waals surface area contributed by atoms with Crippen molar-refractivity contribution in [2.75, 3.05) is 32.8 Å². The zero-order chi connectivity index (χ0) is 12.3. The SMILES string of the molecule is Cc1noc(CCN2CCOCC2)c1[N+](=O)[O-]. The molecule has 1 fully saturated rings. The van der Waals surface area contributed by atoms with E-state index in [0.717, 1.165) is 32.8 Å². The van der Waals surface area contributed by atoms with Crippen molar-refractivity contribution >= 4 is 5.69 Å². The van der Waals surface area contributed by atoms with Crippen LogP contribution in [0.2, 0.25) is 0 Å². The molecule has 1 aliphatic heterocycles. The fourth-order valence-electron chi connectivity index (χ4n) is 1.89. The molecule has 94 valence electrons. The highest BCUT2D eigenvalue weighted by Crippen LogP contribution is 2.23. The Labute approximate surface area is 98.5 Å². The van der Waals surface area contributed by atoms with Gasteiger partial charge in [-0.1, -0.05) is 5.16 Å². The van der Waals surface area contributed by atoms with Gasteiger partial charge in [-0.25, -0.2) is 0 Å². The molecular formula is C10H15N3O4. The molecule has 0 aliphatic carbocycles. The van der Waals surface area contributed by atoms with Crippen LogP contribution in [0.15, 0.2) is 4.52 Å². The molecule has 7 heteroatoms. The number of morpholine rings is 1. The molecule has 2 heterocycles. The lowest BCUT2D eigenvalue weighted by molar-refractivity contribution is -0.386. The van der Waals surface area contributed by atoms with Gasteiger partial charge in [-0.05, 0) is 6.92 Å². The topological polar surface area (TPSA) is 81.6 Å². The number of rotatable bonds is 4. The highest BCUT2D eigenvalue weighted by molar-refractivity contribution is 5.37. The Hall–Kier alpha value is -1.47. The van der Waals surface area contributed by atoms with E-state index in [4.69, 9.17) is 9.26 Å². The van der Waals surface area contributed by atoms with E-state index in [9.17, 15) is 10.1 Å². The Balaban J connectivity index is 1.96. The minimum atomic E-state index is -0.430. The maximum atomic E-state index is 10.8. The number of ether oxygens (including phenoxy) is 1. The van der Waals surface area contributed by atoms with Crippen molar-refractivity contribution < 1.29 is 14.2 Å². The third-order valence-corrected chi connectivity index (χ3v) is 2.84. The summed E-state index contributed by atoms with van der Waals surface area (Å²) < 4.78 is 10.2. The summed E-state index contributed by atoms with van der Waals surface area (Å²) in [4.78, 5) is 12.6. The molecule has 0 atom stereocenters. The van der Waals surface area contributed by atoms with Gasteiger partial charge in [0.25, 0.3) is 0 Å². The van der Waals surface area contributed by atoms with Crippen LogP contribution in [0.1, 0.15) is 11.5 Å². The Morgan fingerprint density at radius 1 is 1.47 bits per heavy atom. The Morgan fingerprint density at radius 3 is 2.82 bits per heavy atom. The van der Waals surface area contributed by atoms with Gasteiger partial charge in [0.1, 0.15) is 0 Å². The van der Waals surface area contributed by atoms with Crippen molar-refractivity contribution in [2.45, 2.75) is 13.3 Å². The van der Waals surface area contributed by atoms with Crippen molar-refractivity contribution in [3.8, 4) is 0 Å². The molecule has 0 aromatic carbocycles. The summed E-state index contributed by atoms with van der Waals surface area (Å²) in [5.74, 6) is 0.360. The van der Waals surface area contributed by atoms with Gasteiger partial charge < -0.3 is 9.26 Å². The summed E-state index contributed by atoms with van der Waals surface area (Å²) in [6.45, 7) is 5.48. The van der Waals surface area contributed by atoms with Gasteiger partial charge in [0, 0.05) is 26.1 Å². The molecule has 2 rings (SSSR count). The highest BCUT2D eigenvalue weighted by atomic mass is 16.6. The normalized spacial score (nSPS) is 17.2. The molecule has 17 heavy (non-hydrogen) atoms. The molecular weight excluding hydrogens is 226 g/mol. The first kappa shape index (κ1) is 12.0. The second-order valence-electron chi connectivity index (χ2n) is 4.00. The van der Waals surface area contributed by atoms with E-state index < -0.39 is 4.92 Å². The van der Waals surface area contributed by atoms with Crippen LogP contribution < -0.4 is 0 Å². The number of nitrogens with zero attached hydrogens (tertiary/aromatic N) is 3. The summed E-state index contributed by atoms with van der Waals surface area (Å²) in [6, 6.07) is 0. The Kier molecular flexibility index (Phi) is 3.70. The maximum absolute atomic E-state index is 10.8. The lowest BCUT2D eigenvalue weighted by Crippen LogP contribution is -2.37. The smallest absolute Gasteiger partial charge is 0.334 e. The van der Waals surface area contributed by atoms with Crippen LogP contribution in [0.3, 0.4) is 0 Å². The fraction of sp³-hybridized carbons (Fsp3) is 0.700. The largest absolute Gasteiger partial charge is 0.379 e. The predicted molar refractivity (Wildman–Crippen MR) is 58.9 cm³/mol. The van der Waals surface area contributed by atoms with Gasteiger partial charge in [-0.3, -0.25) is 15.0 Å². The van der Waals surface area contributed by atoms with Crippen molar-refractivity contribution in [1.82, 2.24) is 10.1 Å². The molecule has 7 nitrogen and oxygen atoms in total. The van der Waals surface area contributed by atoms with E-state index in [2.05, 4.69) is 10.1 Å².